The smallest absolute Gasteiger partial charge is 0.397 e. The summed E-state index contributed by atoms with van der Waals surface area (Å²) in [5, 5.41) is 0.249. The lowest BCUT2D eigenvalue weighted by Gasteiger charge is -2.16. The number of benzene rings is 1. The molecule has 0 aromatic heterocycles. The maximum absolute atomic E-state index is 12.9. The number of rotatable bonds is 3. The Balaban J connectivity index is 3.40. The van der Waals surface area contributed by atoms with Gasteiger partial charge in [0.2, 0.25) is 0 Å². The zero-order valence-corrected chi connectivity index (χ0v) is 15.1. The van der Waals surface area contributed by atoms with Gasteiger partial charge in [-0.25, -0.2) is 0 Å². The van der Waals surface area contributed by atoms with Crippen molar-refractivity contribution in [1.82, 2.24) is 0 Å². The van der Waals surface area contributed by atoms with Crippen LogP contribution in [-0.2, 0) is 16.9 Å². The second-order valence-electron chi connectivity index (χ2n) is 5.26. The average Bonchev–Trinajstić information content (AvgIpc) is 2.36. The fourth-order valence-corrected chi connectivity index (χ4v) is 4.12. The number of carbonyl (C=O) groups is 1. The van der Waals surface area contributed by atoms with E-state index >= 15 is 0 Å². The molecule has 1 aromatic rings. The molecule has 0 atom stereocenters. The number of nitrogens with two attached hydrogens (primary N) is 1. The fraction of sp³-hybridized carbons (Fsp3) is 0.500. The number of nitrogen functional groups attached to an aromatic ring is 1. The second kappa shape index (κ2) is 7.12. The van der Waals surface area contributed by atoms with Crippen molar-refractivity contribution < 1.29 is 18.0 Å². The van der Waals surface area contributed by atoms with Crippen LogP contribution < -0.4 is 5.73 Å². The van der Waals surface area contributed by atoms with Crippen molar-refractivity contribution in [3.05, 3.63) is 27.7 Å². The van der Waals surface area contributed by atoms with E-state index in [9.17, 15) is 18.0 Å². The van der Waals surface area contributed by atoms with Crippen LogP contribution in [0.2, 0.25) is 0 Å². The van der Waals surface area contributed by atoms with Gasteiger partial charge in [-0.1, -0.05) is 38.4 Å². The summed E-state index contributed by atoms with van der Waals surface area (Å²) in [4.78, 5) is 12.3. The van der Waals surface area contributed by atoms with Crippen molar-refractivity contribution >= 4 is 38.2 Å². The van der Waals surface area contributed by atoms with Gasteiger partial charge in [0.1, 0.15) is 0 Å². The number of anilines is 1. The number of halogens is 4. The molecule has 22 heavy (non-hydrogen) atoms. The summed E-state index contributed by atoms with van der Waals surface area (Å²) in [7, 11) is -0.578. The minimum absolute atomic E-state index is 0.0298. The first-order valence-electron chi connectivity index (χ1n) is 6.59. The quantitative estimate of drug-likeness (QED) is 0.742. The summed E-state index contributed by atoms with van der Waals surface area (Å²) in [5.74, 6) is -0.713. The minimum Gasteiger partial charge on any atom is -0.397 e. The standard InChI is InChI=1S/C14H18BrF3N2OS/c1-7(2)22(8(3)4)20-13(21)10-5-9(14(16,17)18)6-11(15)12(10)19/h5-8H,19H2,1-4H3. The molecular weight excluding hydrogens is 381 g/mol. The van der Waals surface area contributed by atoms with E-state index in [1.165, 1.54) is 0 Å². The van der Waals surface area contributed by atoms with Crippen molar-refractivity contribution in [1.29, 1.82) is 0 Å². The highest BCUT2D eigenvalue weighted by Gasteiger charge is 2.32. The van der Waals surface area contributed by atoms with Crippen LogP contribution in [0.4, 0.5) is 18.9 Å². The SMILES string of the molecule is CC(C)S(=NC(=O)c1cc(C(F)(F)F)cc(Br)c1N)C(C)C. The van der Waals surface area contributed by atoms with Gasteiger partial charge in [-0.2, -0.15) is 17.5 Å². The molecule has 0 saturated carbocycles. The number of nitrogens with zero attached hydrogens (tertiary/aromatic N) is 1. The van der Waals surface area contributed by atoms with E-state index in [-0.39, 0.29) is 26.2 Å². The number of amides is 1. The molecular formula is C14H18BrF3N2OS. The summed E-state index contributed by atoms with van der Waals surface area (Å²) in [5.41, 5.74) is 4.55. The van der Waals surface area contributed by atoms with Gasteiger partial charge in [0, 0.05) is 15.0 Å². The van der Waals surface area contributed by atoms with Gasteiger partial charge in [-0.15, -0.1) is 0 Å². The van der Waals surface area contributed by atoms with Gasteiger partial charge in [0.15, 0.2) is 0 Å². The van der Waals surface area contributed by atoms with E-state index in [1.807, 2.05) is 27.7 Å². The number of alkyl halides is 3. The average molecular weight is 399 g/mol. The summed E-state index contributed by atoms with van der Waals surface area (Å²) in [6.07, 6.45) is -4.55. The molecule has 0 fully saturated rings. The number of carbonyl (C=O) groups excluding carboxylic acids is 1. The topological polar surface area (TPSA) is 55.5 Å². The van der Waals surface area contributed by atoms with Crippen molar-refractivity contribution in [2.75, 3.05) is 5.73 Å². The summed E-state index contributed by atoms with van der Waals surface area (Å²) < 4.78 is 42.7. The molecule has 0 heterocycles. The van der Waals surface area contributed by atoms with Crippen molar-refractivity contribution in [3.63, 3.8) is 0 Å². The molecule has 0 radical (unpaired) electrons. The largest absolute Gasteiger partial charge is 0.416 e. The molecule has 0 bridgehead atoms. The van der Waals surface area contributed by atoms with Crippen LogP contribution in [0.25, 0.3) is 0 Å². The third-order valence-corrected chi connectivity index (χ3v) is 5.81. The lowest BCUT2D eigenvalue weighted by Crippen LogP contribution is -2.18. The molecule has 0 unspecified atom stereocenters. The maximum Gasteiger partial charge on any atom is 0.416 e. The van der Waals surface area contributed by atoms with E-state index in [0.29, 0.717) is 0 Å². The van der Waals surface area contributed by atoms with Crippen LogP contribution in [-0.4, -0.2) is 16.4 Å². The molecule has 0 spiro atoms. The van der Waals surface area contributed by atoms with Gasteiger partial charge in [-0.05, 0) is 28.1 Å². The highest BCUT2D eigenvalue weighted by atomic mass is 79.9. The molecule has 0 aliphatic heterocycles. The third-order valence-electron chi connectivity index (χ3n) is 2.84. The molecule has 0 saturated heterocycles. The molecule has 1 aromatic carbocycles. The zero-order valence-electron chi connectivity index (χ0n) is 12.7. The minimum atomic E-state index is -4.55. The van der Waals surface area contributed by atoms with Gasteiger partial charge in [0.05, 0.1) is 16.8 Å². The Morgan fingerprint density at radius 2 is 1.73 bits per heavy atom. The van der Waals surface area contributed by atoms with Gasteiger partial charge in [0.25, 0.3) is 5.91 Å². The summed E-state index contributed by atoms with van der Waals surface area (Å²) in [6.45, 7) is 7.69. The normalized spacial score (nSPS) is 12.3. The first-order chi connectivity index (χ1) is 9.95. The van der Waals surface area contributed by atoms with E-state index in [2.05, 4.69) is 20.3 Å². The fourth-order valence-electron chi connectivity index (χ4n) is 1.86. The van der Waals surface area contributed by atoms with Crippen LogP contribution in [0.3, 0.4) is 0 Å². The van der Waals surface area contributed by atoms with E-state index in [1.54, 1.807) is 0 Å². The second-order valence-corrected chi connectivity index (χ2v) is 8.87. The molecule has 1 rings (SSSR count). The Kier molecular flexibility index (Phi) is 6.20. The summed E-state index contributed by atoms with van der Waals surface area (Å²) in [6, 6.07) is 1.62. The van der Waals surface area contributed by atoms with Crippen LogP contribution in [0.15, 0.2) is 21.0 Å². The number of hydrogen-bond acceptors (Lipinski definition) is 2. The predicted octanol–water partition coefficient (Wildman–Crippen LogP) is 4.81. The van der Waals surface area contributed by atoms with Gasteiger partial charge >= 0.3 is 6.18 Å². The Bertz CT molecular complexity index is 603. The molecule has 3 nitrogen and oxygen atoms in total. The molecule has 1 amide bonds. The van der Waals surface area contributed by atoms with Gasteiger partial charge in [-0.3, -0.25) is 4.79 Å². The van der Waals surface area contributed by atoms with Crippen molar-refractivity contribution in [2.24, 2.45) is 4.36 Å². The first-order valence-corrected chi connectivity index (χ1v) is 8.69. The maximum atomic E-state index is 12.9. The Labute approximate surface area is 138 Å². The van der Waals surface area contributed by atoms with E-state index < -0.39 is 28.3 Å². The zero-order chi connectivity index (χ0) is 17.2. The van der Waals surface area contributed by atoms with Crippen LogP contribution in [0.5, 0.6) is 0 Å². The highest BCUT2D eigenvalue weighted by molar-refractivity contribution is 9.10. The molecule has 124 valence electrons. The number of hydrogen-bond donors (Lipinski definition) is 1. The molecule has 2 N–H and O–H groups in total. The van der Waals surface area contributed by atoms with E-state index in [0.717, 1.165) is 12.1 Å². The van der Waals surface area contributed by atoms with Crippen LogP contribution in [0.1, 0.15) is 43.6 Å². The Morgan fingerprint density at radius 1 is 1.23 bits per heavy atom. The van der Waals surface area contributed by atoms with Gasteiger partial charge < -0.3 is 5.73 Å². The first kappa shape index (κ1) is 19.2. The van der Waals surface area contributed by atoms with Crippen molar-refractivity contribution in [3.8, 4) is 0 Å². The van der Waals surface area contributed by atoms with Crippen LogP contribution in [0, 0.1) is 0 Å². The molecule has 8 heteroatoms. The monoisotopic (exact) mass is 398 g/mol. The third kappa shape index (κ3) is 4.55. The molecule has 0 aliphatic rings. The summed E-state index contributed by atoms with van der Waals surface area (Å²) >= 11 is 2.97. The Morgan fingerprint density at radius 3 is 2.14 bits per heavy atom. The molecule has 0 aliphatic carbocycles. The van der Waals surface area contributed by atoms with Crippen molar-refractivity contribution in [2.45, 2.75) is 44.4 Å². The van der Waals surface area contributed by atoms with E-state index in [4.69, 9.17) is 5.73 Å². The lowest BCUT2D eigenvalue weighted by molar-refractivity contribution is -0.137. The predicted molar refractivity (Wildman–Crippen MR) is 88.0 cm³/mol. The Hall–Kier alpha value is -0.890. The highest BCUT2D eigenvalue weighted by Crippen LogP contribution is 2.35. The lowest BCUT2D eigenvalue weighted by atomic mass is 10.1. The van der Waals surface area contributed by atoms with Crippen LogP contribution >= 0.6 is 15.9 Å².